The molecule has 0 spiro atoms. The Bertz CT molecular complexity index is 316. The lowest BCUT2D eigenvalue weighted by atomic mass is 10.3. The monoisotopic (exact) mass is 246 g/mol. The summed E-state index contributed by atoms with van der Waals surface area (Å²) in [5.41, 5.74) is 1.08. The molecule has 0 bridgehead atoms. The number of hydrogen-bond acceptors (Lipinski definition) is 3. The van der Waals surface area contributed by atoms with Crippen molar-refractivity contribution in [3.05, 3.63) is 29.0 Å². The van der Waals surface area contributed by atoms with Crippen molar-refractivity contribution < 1.29 is 4.21 Å². The van der Waals surface area contributed by atoms with Crippen molar-refractivity contribution in [1.29, 1.82) is 0 Å². The number of aromatic nitrogens is 1. The highest BCUT2D eigenvalue weighted by Gasteiger charge is 1.96. The molecule has 0 fully saturated rings. The van der Waals surface area contributed by atoms with Crippen LogP contribution in [-0.4, -0.2) is 27.2 Å². The fourth-order valence-electron chi connectivity index (χ4n) is 1.07. The third-order valence-electron chi connectivity index (χ3n) is 1.95. The molecule has 5 heteroatoms. The van der Waals surface area contributed by atoms with Gasteiger partial charge in [0.15, 0.2) is 0 Å². The van der Waals surface area contributed by atoms with Gasteiger partial charge in [0.1, 0.15) is 5.15 Å². The first-order chi connectivity index (χ1) is 7.22. The van der Waals surface area contributed by atoms with Crippen LogP contribution in [0.4, 0.5) is 0 Å². The summed E-state index contributed by atoms with van der Waals surface area (Å²) in [6.07, 6.45) is 1.74. The molecule has 0 aromatic carbocycles. The molecule has 1 aromatic rings. The van der Waals surface area contributed by atoms with Crippen LogP contribution in [0.25, 0.3) is 0 Å². The summed E-state index contributed by atoms with van der Waals surface area (Å²) in [4.78, 5) is 3.97. The smallest absolute Gasteiger partial charge is 0.129 e. The first kappa shape index (κ1) is 12.6. The minimum Gasteiger partial charge on any atom is -0.312 e. The largest absolute Gasteiger partial charge is 0.312 e. The van der Waals surface area contributed by atoms with Gasteiger partial charge in [-0.25, -0.2) is 4.98 Å². The molecular weight excluding hydrogens is 232 g/mol. The lowest BCUT2D eigenvalue weighted by Gasteiger charge is -2.03. The van der Waals surface area contributed by atoms with Crippen molar-refractivity contribution in [2.24, 2.45) is 0 Å². The van der Waals surface area contributed by atoms with Gasteiger partial charge in [-0.1, -0.05) is 24.6 Å². The molecule has 0 aliphatic rings. The zero-order valence-corrected chi connectivity index (χ0v) is 10.3. The maximum atomic E-state index is 11.1. The van der Waals surface area contributed by atoms with E-state index in [1.807, 2.05) is 13.0 Å². The third-order valence-corrected chi connectivity index (χ3v) is 3.47. The van der Waals surface area contributed by atoms with Gasteiger partial charge in [-0.3, -0.25) is 4.21 Å². The molecule has 1 rings (SSSR count). The Morgan fingerprint density at radius 2 is 2.33 bits per heavy atom. The van der Waals surface area contributed by atoms with Crippen LogP contribution in [0.3, 0.4) is 0 Å². The van der Waals surface area contributed by atoms with Gasteiger partial charge >= 0.3 is 0 Å². The average molecular weight is 247 g/mol. The van der Waals surface area contributed by atoms with Crippen molar-refractivity contribution in [3.8, 4) is 0 Å². The summed E-state index contributed by atoms with van der Waals surface area (Å²) in [5, 5.41) is 3.72. The van der Waals surface area contributed by atoms with Gasteiger partial charge in [0.05, 0.1) is 0 Å². The van der Waals surface area contributed by atoms with E-state index in [-0.39, 0.29) is 0 Å². The fraction of sp³-hybridized carbons (Fsp3) is 0.500. The van der Waals surface area contributed by atoms with Crippen molar-refractivity contribution >= 4 is 22.4 Å². The molecule has 1 aromatic heterocycles. The first-order valence-electron chi connectivity index (χ1n) is 4.88. The second-order valence-electron chi connectivity index (χ2n) is 3.10. The summed E-state index contributed by atoms with van der Waals surface area (Å²) in [5.74, 6) is 1.43. The average Bonchev–Trinajstić information content (AvgIpc) is 2.26. The number of halogens is 1. The molecule has 84 valence electrons. The maximum absolute atomic E-state index is 11.1. The summed E-state index contributed by atoms with van der Waals surface area (Å²) in [6.45, 7) is 3.44. The number of rotatable bonds is 6. The number of hydrogen-bond donors (Lipinski definition) is 1. The van der Waals surface area contributed by atoms with Crippen molar-refractivity contribution in [1.82, 2.24) is 10.3 Å². The topological polar surface area (TPSA) is 42.0 Å². The molecule has 3 nitrogen and oxygen atoms in total. The lowest BCUT2D eigenvalue weighted by Crippen LogP contribution is -2.20. The minimum absolute atomic E-state index is 0.505. The highest BCUT2D eigenvalue weighted by molar-refractivity contribution is 7.84. The summed E-state index contributed by atoms with van der Waals surface area (Å²) in [6, 6.07) is 3.70. The first-order valence-corrected chi connectivity index (χ1v) is 6.75. The van der Waals surface area contributed by atoms with Crippen LogP contribution >= 0.6 is 11.6 Å². The second kappa shape index (κ2) is 6.93. The van der Waals surface area contributed by atoms with Crippen LogP contribution in [0.2, 0.25) is 5.15 Å². The lowest BCUT2D eigenvalue weighted by molar-refractivity contribution is 0.673. The fourth-order valence-corrected chi connectivity index (χ4v) is 1.85. The molecule has 1 heterocycles. The molecule has 0 saturated carbocycles. The molecule has 15 heavy (non-hydrogen) atoms. The van der Waals surface area contributed by atoms with Crippen LogP contribution in [0, 0.1) is 0 Å². The second-order valence-corrected chi connectivity index (χ2v) is 5.35. The molecule has 0 amide bonds. The normalized spacial score (nSPS) is 12.7. The van der Waals surface area contributed by atoms with E-state index in [1.165, 1.54) is 0 Å². The number of nitrogens with zero attached hydrogens (tertiary/aromatic N) is 1. The van der Waals surface area contributed by atoms with Crippen molar-refractivity contribution in [2.45, 2.75) is 13.5 Å². The maximum Gasteiger partial charge on any atom is 0.129 e. The Balaban J connectivity index is 2.20. The summed E-state index contributed by atoms with van der Waals surface area (Å²) >= 11 is 5.66. The third kappa shape index (κ3) is 5.25. The molecule has 0 aliphatic carbocycles. The Morgan fingerprint density at radius 1 is 1.53 bits per heavy atom. The molecule has 0 aliphatic heterocycles. The van der Waals surface area contributed by atoms with E-state index in [2.05, 4.69) is 10.3 Å². The molecular formula is C10H15ClN2OS. The Kier molecular flexibility index (Phi) is 5.83. The standard InChI is InChI=1S/C10H15ClN2OS/c1-2-15(14)6-5-12-7-9-3-4-10(11)13-8-9/h3-4,8,12H,2,5-7H2,1H3. The van der Waals surface area contributed by atoms with E-state index < -0.39 is 10.8 Å². The summed E-state index contributed by atoms with van der Waals surface area (Å²) < 4.78 is 11.1. The SMILES string of the molecule is CCS(=O)CCNCc1ccc(Cl)nc1. The van der Waals surface area contributed by atoms with E-state index in [4.69, 9.17) is 11.6 Å². The highest BCUT2D eigenvalue weighted by Crippen LogP contribution is 2.04. The van der Waals surface area contributed by atoms with Crippen LogP contribution in [-0.2, 0) is 17.3 Å². The van der Waals surface area contributed by atoms with E-state index in [9.17, 15) is 4.21 Å². The molecule has 0 radical (unpaired) electrons. The van der Waals surface area contributed by atoms with E-state index in [0.717, 1.165) is 24.4 Å². The van der Waals surface area contributed by atoms with Gasteiger partial charge in [-0.15, -0.1) is 0 Å². The molecule has 1 N–H and O–H groups in total. The summed E-state index contributed by atoms with van der Waals surface area (Å²) in [7, 11) is -0.688. The minimum atomic E-state index is -0.688. The van der Waals surface area contributed by atoms with Crippen molar-refractivity contribution in [3.63, 3.8) is 0 Å². The van der Waals surface area contributed by atoms with Gasteiger partial charge in [-0.2, -0.15) is 0 Å². The zero-order valence-electron chi connectivity index (χ0n) is 8.70. The predicted octanol–water partition coefficient (Wildman–Crippen LogP) is 1.59. The van der Waals surface area contributed by atoms with Gasteiger partial charge in [-0.05, 0) is 11.6 Å². The van der Waals surface area contributed by atoms with Crippen LogP contribution < -0.4 is 5.32 Å². The number of pyridine rings is 1. The van der Waals surface area contributed by atoms with Crippen molar-refractivity contribution in [2.75, 3.05) is 18.1 Å². The van der Waals surface area contributed by atoms with Crippen LogP contribution in [0.15, 0.2) is 18.3 Å². The van der Waals surface area contributed by atoms with Gasteiger partial charge in [0, 0.05) is 41.6 Å². The van der Waals surface area contributed by atoms with E-state index in [0.29, 0.717) is 10.9 Å². The van der Waals surface area contributed by atoms with Crippen LogP contribution in [0.5, 0.6) is 0 Å². The molecule has 1 atom stereocenters. The number of nitrogens with one attached hydrogen (secondary N) is 1. The zero-order chi connectivity index (χ0) is 11.1. The van der Waals surface area contributed by atoms with E-state index in [1.54, 1.807) is 12.3 Å². The van der Waals surface area contributed by atoms with Crippen LogP contribution in [0.1, 0.15) is 12.5 Å². The Labute approximate surface area is 97.7 Å². The highest BCUT2D eigenvalue weighted by atomic mass is 35.5. The Hall–Kier alpha value is -0.450. The quantitative estimate of drug-likeness (QED) is 0.612. The van der Waals surface area contributed by atoms with Gasteiger partial charge in [0.25, 0.3) is 0 Å². The molecule has 0 saturated heterocycles. The molecule has 1 unspecified atom stereocenters. The Morgan fingerprint density at radius 3 is 2.93 bits per heavy atom. The van der Waals surface area contributed by atoms with Gasteiger partial charge in [0.2, 0.25) is 0 Å². The van der Waals surface area contributed by atoms with Gasteiger partial charge < -0.3 is 5.32 Å². The predicted molar refractivity (Wildman–Crippen MR) is 64.5 cm³/mol. The van der Waals surface area contributed by atoms with E-state index >= 15 is 0 Å².